The van der Waals surface area contributed by atoms with Crippen molar-refractivity contribution in [3.05, 3.63) is 187 Å². The van der Waals surface area contributed by atoms with Crippen LogP contribution in [0.4, 0.5) is 11.6 Å². The van der Waals surface area contributed by atoms with Crippen molar-refractivity contribution in [3.63, 3.8) is 0 Å². The highest BCUT2D eigenvalue weighted by atomic mass is 15.4. The summed E-state index contributed by atoms with van der Waals surface area (Å²) in [6.45, 7) is 0. The first-order valence-corrected chi connectivity index (χ1v) is 16.5. The Morgan fingerprint density at radius 1 is 0.417 bits per heavy atom. The Balaban J connectivity index is 1.35. The van der Waals surface area contributed by atoms with E-state index in [1.54, 1.807) is 0 Å². The van der Waals surface area contributed by atoms with Crippen LogP contribution in [-0.4, -0.2) is 14.1 Å². The third kappa shape index (κ3) is 3.12. The predicted octanol–water partition coefficient (Wildman–Crippen LogP) is 10.5. The van der Waals surface area contributed by atoms with Gasteiger partial charge in [-0.1, -0.05) is 115 Å². The fraction of sp³-hybridized carbons (Fsp3) is 0.0227. The molecule has 11 rings (SSSR count). The van der Waals surface area contributed by atoms with E-state index >= 15 is 0 Å². The van der Waals surface area contributed by atoms with E-state index in [0.29, 0.717) is 0 Å². The Kier molecular flexibility index (Phi) is 5.01. The predicted molar refractivity (Wildman–Crippen MR) is 196 cm³/mol. The van der Waals surface area contributed by atoms with Crippen molar-refractivity contribution in [1.29, 1.82) is 0 Å². The summed E-state index contributed by atoms with van der Waals surface area (Å²) in [7, 11) is 0. The van der Waals surface area contributed by atoms with Gasteiger partial charge in [0.2, 0.25) is 5.95 Å². The maximum absolute atomic E-state index is 5.41. The standard InChI is InChI=1S/C44H28N4/c1-2-14-29(15-3-1)48-43-45-38-22-10-13-25-42(38)47(43)41-27-26-30(46-39-23-11-6-18-33(39)34-19-7-12-24-40(34)46)28-37(41)44(48)35-20-8-4-16-31(35)32-17-5-9-21-36(32)44/h1-28H. The Bertz CT molecular complexity index is 2650. The third-order valence-corrected chi connectivity index (χ3v) is 10.5. The molecule has 0 saturated carbocycles. The lowest BCUT2D eigenvalue weighted by Gasteiger charge is -2.48. The van der Waals surface area contributed by atoms with Crippen molar-refractivity contribution >= 4 is 44.5 Å². The van der Waals surface area contributed by atoms with Crippen LogP contribution in [0.25, 0.3) is 55.3 Å². The Morgan fingerprint density at radius 3 is 1.67 bits per heavy atom. The largest absolute Gasteiger partial charge is 0.309 e. The summed E-state index contributed by atoms with van der Waals surface area (Å²) in [4.78, 5) is 7.91. The minimum atomic E-state index is -0.685. The molecule has 1 spiro atoms. The topological polar surface area (TPSA) is 26.0 Å². The SMILES string of the molecule is c1ccc(N2c3nc4ccccc4n3-c3ccc(-n4c5ccccc5c5ccccc54)cc3C23c2ccccc2-c2ccccc23)cc1. The molecule has 1 aliphatic heterocycles. The van der Waals surface area contributed by atoms with Gasteiger partial charge in [-0.2, -0.15) is 0 Å². The van der Waals surface area contributed by atoms with Gasteiger partial charge in [0.1, 0.15) is 5.54 Å². The van der Waals surface area contributed by atoms with Crippen LogP contribution in [0.2, 0.25) is 0 Å². The lowest BCUT2D eigenvalue weighted by Crippen LogP contribution is -2.48. The van der Waals surface area contributed by atoms with Crippen molar-refractivity contribution in [1.82, 2.24) is 14.1 Å². The van der Waals surface area contributed by atoms with Gasteiger partial charge >= 0.3 is 0 Å². The molecule has 2 aromatic heterocycles. The van der Waals surface area contributed by atoms with Crippen molar-refractivity contribution in [2.45, 2.75) is 5.54 Å². The van der Waals surface area contributed by atoms with E-state index in [2.05, 4.69) is 184 Å². The summed E-state index contributed by atoms with van der Waals surface area (Å²) < 4.78 is 4.79. The van der Waals surface area contributed by atoms with Crippen molar-refractivity contribution < 1.29 is 0 Å². The summed E-state index contributed by atoms with van der Waals surface area (Å²) >= 11 is 0. The van der Waals surface area contributed by atoms with Gasteiger partial charge in [-0.3, -0.25) is 9.47 Å². The number of aromatic nitrogens is 3. The van der Waals surface area contributed by atoms with Gasteiger partial charge in [-0.25, -0.2) is 4.98 Å². The van der Waals surface area contributed by atoms with E-state index in [9.17, 15) is 0 Å². The number of para-hydroxylation sites is 5. The minimum Gasteiger partial charge on any atom is -0.309 e. The summed E-state index contributed by atoms with van der Waals surface area (Å²) in [6, 6.07) is 61.7. The molecule has 0 unspecified atom stereocenters. The number of nitrogens with zero attached hydrogens (tertiary/aromatic N) is 4. The first-order valence-electron chi connectivity index (χ1n) is 16.5. The van der Waals surface area contributed by atoms with Crippen LogP contribution in [0.5, 0.6) is 0 Å². The quantitative estimate of drug-likeness (QED) is 0.194. The van der Waals surface area contributed by atoms with Crippen LogP contribution >= 0.6 is 0 Å². The molecule has 0 fully saturated rings. The van der Waals surface area contributed by atoms with Crippen LogP contribution in [0.15, 0.2) is 170 Å². The first kappa shape index (κ1) is 25.8. The maximum atomic E-state index is 5.41. The molecular formula is C44H28N4. The molecule has 224 valence electrons. The van der Waals surface area contributed by atoms with Crippen LogP contribution in [0, 0.1) is 0 Å². The zero-order valence-electron chi connectivity index (χ0n) is 26.0. The van der Waals surface area contributed by atoms with E-state index in [4.69, 9.17) is 4.98 Å². The molecule has 0 radical (unpaired) electrons. The van der Waals surface area contributed by atoms with E-state index in [-0.39, 0.29) is 0 Å². The average molecular weight is 613 g/mol. The molecule has 0 saturated heterocycles. The second-order valence-electron chi connectivity index (χ2n) is 12.8. The molecular weight excluding hydrogens is 585 g/mol. The smallest absolute Gasteiger partial charge is 0.217 e. The molecule has 7 aromatic carbocycles. The zero-order valence-corrected chi connectivity index (χ0v) is 26.0. The third-order valence-electron chi connectivity index (χ3n) is 10.5. The number of rotatable bonds is 2. The van der Waals surface area contributed by atoms with Crippen LogP contribution in [-0.2, 0) is 5.54 Å². The maximum Gasteiger partial charge on any atom is 0.217 e. The van der Waals surface area contributed by atoms with Gasteiger partial charge in [-0.15, -0.1) is 0 Å². The molecule has 3 heterocycles. The second-order valence-corrected chi connectivity index (χ2v) is 12.8. The zero-order chi connectivity index (χ0) is 31.4. The Morgan fingerprint density at radius 2 is 0.979 bits per heavy atom. The molecule has 48 heavy (non-hydrogen) atoms. The van der Waals surface area contributed by atoms with Gasteiger partial charge < -0.3 is 4.57 Å². The van der Waals surface area contributed by atoms with Gasteiger partial charge in [0, 0.05) is 27.7 Å². The highest BCUT2D eigenvalue weighted by Crippen LogP contribution is 2.61. The number of hydrogen-bond acceptors (Lipinski definition) is 2. The lowest BCUT2D eigenvalue weighted by atomic mass is 9.76. The van der Waals surface area contributed by atoms with E-state index in [0.717, 1.165) is 34.0 Å². The monoisotopic (exact) mass is 612 g/mol. The Labute approximate surface area is 277 Å². The highest BCUT2D eigenvalue weighted by molar-refractivity contribution is 6.09. The van der Waals surface area contributed by atoms with Gasteiger partial charge in [0.15, 0.2) is 0 Å². The Hall–Kier alpha value is -6.39. The van der Waals surface area contributed by atoms with Crippen LogP contribution < -0.4 is 4.90 Å². The second kappa shape index (κ2) is 9.34. The van der Waals surface area contributed by atoms with Crippen molar-refractivity contribution in [2.24, 2.45) is 0 Å². The molecule has 0 amide bonds. The van der Waals surface area contributed by atoms with E-state index in [1.807, 2.05) is 0 Å². The lowest BCUT2D eigenvalue weighted by molar-refractivity contribution is 0.602. The number of imidazole rings is 1. The fourth-order valence-corrected chi connectivity index (χ4v) is 8.65. The molecule has 9 aromatic rings. The average Bonchev–Trinajstić information content (AvgIpc) is 3.80. The molecule has 4 heteroatoms. The summed E-state index contributed by atoms with van der Waals surface area (Å²) in [5, 5.41) is 2.51. The molecule has 0 bridgehead atoms. The molecule has 1 aliphatic carbocycles. The van der Waals surface area contributed by atoms with Crippen molar-refractivity contribution in [3.8, 4) is 22.5 Å². The van der Waals surface area contributed by atoms with Gasteiger partial charge in [0.25, 0.3) is 0 Å². The summed E-state index contributed by atoms with van der Waals surface area (Å²) in [6.07, 6.45) is 0. The molecule has 4 nitrogen and oxygen atoms in total. The number of benzene rings is 7. The first-order chi connectivity index (χ1) is 23.8. The van der Waals surface area contributed by atoms with E-state index < -0.39 is 5.54 Å². The normalized spacial score (nSPS) is 14.0. The minimum absolute atomic E-state index is 0.685. The number of fused-ring (bicyclic) bond motifs is 14. The summed E-state index contributed by atoms with van der Waals surface area (Å²) in [5.74, 6) is 0.908. The highest BCUT2D eigenvalue weighted by Gasteiger charge is 2.54. The van der Waals surface area contributed by atoms with E-state index in [1.165, 1.54) is 49.6 Å². The fourth-order valence-electron chi connectivity index (χ4n) is 8.65. The molecule has 2 aliphatic rings. The van der Waals surface area contributed by atoms with Gasteiger partial charge in [0.05, 0.1) is 27.8 Å². The molecule has 0 N–H and O–H groups in total. The molecule has 0 atom stereocenters. The van der Waals surface area contributed by atoms with Crippen LogP contribution in [0.3, 0.4) is 0 Å². The number of hydrogen-bond donors (Lipinski definition) is 0. The van der Waals surface area contributed by atoms with Crippen LogP contribution in [0.1, 0.15) is 16.7 Å². The van der Waals surface area contributed by atoms with Crippen molar-refractivity contribution in [2.75, 3.05) is 4.90 Å². The summed E-state index contributed by atoms with van der Waals surface area (Å²) in [5.41, 5.74) is 13.4. The van der Waals surface area contributed by atoms with Gasteiger partial charge in [-0.05, 0) is 76.9 Å². The number of anilines is 2.